The van der Waals surface area contributed by atoms with E-state index in [-0.39, 0.29) is 12.5 Å². The Hall–Kier alpha value is -2.78. The third-order valence-electron chi connectivity index (χ3n) is 4.60. The molecule has 0 amide bonds. The highest BCUT2D eigenvalue weighted by atomic mass is 16.6. The SMILES string of the molecule is CN(Cc1ccc2nonc2c1)c1cc([C@@H]2CCOC2)nc(NCCO)n1. The fraction of sp³-hybridized carbons (Fsp3) is 0.444. The number of benzene rings is 1. The number of ether oxygens (including phenoxy) is 1. The van der Waals surface area contributed by atoms with Crippen LogP contribution in [0.3, 0.4) is 0 Å². The molecule has 0 unspecified atom stereocenters. The zero-order chi connectivity index (χ0) is 18.6. The normalized spacial score (nSPS) is 16.7. The van der Waals surface area contributed by atoms with E-state index in [4.69, 9.17) is 14.5 Å². The molecule has 1 atom stereocenters. The summed E-state index contributed by atoms with van der Waals surface area (Å²) in [6.45, 7) is 2.51. The Morgan fingerprint density at radius 1 is 1.22 bits per heavy atom. The predicted molar refractivity (Wildman–Crippen MR) is 99.7 cm³/mol. The molecule has 1 aromatic carbocycles. The van der Waals surface area contributed by atoms with Gasteiger partial charge in [-0.3, -0.25) is 0 Å². The number of nitrogens with zero attached hydrogens (tertiary/aromatic N) is 5. The zero-order valence-corrected chi connectivity index (χ0v) is 15.1. The van der Waals surface area contributed by atoms with Crippen LogP contribution in [0.25, 0.3) is 11.0 Å². The van der Waals surface area contributed by atoms with E-state index in [1.54, 1.807) is 0 Å². The Balaban J connectivity index is 1.58. The molecule has 0 saturated carbocycles. The van der Waals surface area contributed by atoms with Gasteiger partial charge < -0.3 is 20.1 Å². The van der Waals surface area contributed by atoms with Crippen molar-refractivity contribution in [2.24, 2.45) is 0 Å². The summed E-state index contributed by atoms with van der Waals surface area (Å²) >= 11 is 0. The third kappa shape index (κ3) is 3.99. The van der Waals surface area contributed by atoms with Crippen LogP contribution in [0.5, 0.6) is 0 Å². The van der Waals surface area contributed by atoms with Gasteiger partial charge in [-0.25, -0.2) is 9.61 Å². The Kier molecular flexibility index (Phi) is 5.12. The van der Waals surface area contributed by atoms with Crippen LogP contribution in [0.2, 0.25) is 0 Å². The summed E-state index contributed by atoms with van der Waals surface area (Å²) in [6, 6.07) is 7.87. The summed E-state index contributed by atoms with van der Waals surface area (Å²) in [7, 11) is 1.98. The number of aromatic nitrogens is 4. The number of hydrogen-bond donors (Lipinski definition) is 2. The lowest BCUT2D eigenvalue weighted by atomic mass is 10.0. The zero-order valence-electron chi connectivity index (χ0n) is 15.1. The van der Waals surface area contributed by atoms with E-state index in [2.05, 4.69) is 30.5 Å². The minimum absolute atomic E-state index is 0.0249. The Labute approximate surface area is 156 Å². The Morgan fingerprint density at radius 2 is 2.11 bits per heavy atom. The van der Waals surface area contributed by atoms with Gasteiger partial charge in [-0.2, -0.15) is 4.98 Å². The number of rotatable bonds is 7. The van der Waals surface area contributed by atoms with E-state index in [0.717, 1.165) is 41.1 Å². The lowest BCUT2D eigenvalue weighted by molar-refractivity contribution is 0.193. The van der Waals surface area contributed by atoms with Crippen molar-refractivity contribution in [1.82, 2.24) is 20.3 Å². The second-order valence-corrected chi connectivity index (χ2v) is 6.63. The molecule has 1 aliphatic rings. The van der Waals surface area contributed by atoms with E-state index < -0.39 is 0 Å². The molecule has 3 heterocycles. The smallest absolute Gasteiger partial charge is 0.224 e. The quantitative estimate of drug-likeness (QED) is 0.640. The van der Waals surface area contributed by atoms with E-state index in [1.807, 2.05) is 31.3 Å². The Bertz CT molecular complexity index is 909. The van der Waals surface area contributed by atoms with E-state index in [9.17, 15) is 0 Å². The van der Waals surface area contributed by atoms with Crippen molar-refractivity contribution >= 4 is 22.8 Å². The second kappa shape index (κ2) is 7.85. The molecule has 1 saturated heterocycles. The molecule has 0 aliphatic carbocycles. The number of aliphatic hydroxyl groups excluding tert-OH is 1. The predicted octanol–water partition coefficient (Wildman–Crippen LogP) is 1.56. The van der Waals surface area contributed by atoms with Crippen molar-refractivity contribution in [3.63, 3.8) is 0 Å². The molecule has 4 rings (SSSR count). The van der Waals surface area contributed by atoms with E-state index >= 15 is 0 Å². The highest BCUT2D eigenvalue weighted by molar-refractivity contribution is 5.73. The van der Waals surface area contributed by atoms with Gasteiger partial charge in [0.2, 0.25) is 5.95 Å². The van der Waals surface area contributed by atoms with Crippen LogP contribution in [0, 0.1) is 0 Å². The summed E-state index contributed by atoms with van der Waals surface area (Å²) in [5, 5.41) is 19.9. The van der Waals surface area contributed by atoms with Crippen LogP contribution in [0.4, 0.5) is 11.8 Å². The first kappa shape index (κ1) is 17.6. The Morgan fingerprint density at radius 3 is 2.93 bits per heavy atom. The molecular weight excluding hydrogens is 348 g/mol. The van der Waals surface area contributed by atoms with Gasteiger partial charge in [0.1, 0.15) is 16.9 Å². The van der Waals surface area contributed by atoms with Crippen molar-refractivity contribution in [1.29, 1.82) is 0 Å². The highest BCUT2D eigenvalue weighted by Gasteiger charge is 2.21. The van der Waals surface area contributed by atoms with Crippen LogP contribution in [0.15, 0.2) is 28.9 Å². The van der Waals surface area contributed by atoms with Crippen molar-refractivity contribution in [2.45, 2.75) is 18.9 Å². The lowest BCUT2D eigenvalue weighted by Gasteiger charge is -2.21. The highest BCUT2D eigenvalue weighted by Crippen LogP contribution is 2.27. The first-order valence-electron chi connectivity index (χ1n) is 8.97. The van der Waals surface area contributed by atoms with E-state index in [0.29, 0.717) is 25.6 Å². The van der Waals surface area contributed by atoms with Gasteiger partial charge in [-0.15, -0.1) is 0 Å². The maximum atomic E-state index is 9.08. The van der Waals surface area contributed by atoms with Gasteiger partial charge in [0.05, 0.1) is 18.9 Å². The van der Waals surface area contributed by atoms with Crippen LogP contribution in [-0.4, -0.2) is 58.8 Å². The molecule has 27 heavy (non-hydrogen) atoms. The molecule has 3 aromatic rings. The number of fused-ring (bicyclic) bond motifs is 1. The van der Waals surface area contributed by atoms with Crippen LogP contribution >= 0.6 is 0 Å². The van der Waals surface area contributed by atoms with Gasteiger partial charge in [-0.05, 0) is 34.4 Å². The maximum absolute atomic E-state index is 9.08. The molecule has 2 N–H and O–H groups in total. The summed E-state index contributed by atoms with van der Waals surface area (Å²) in [5.41, 5.74) is 3.51. The standard InChI is InChI=1S/C18H22N6O3/c1-24(10-12-2-3-14-16(8-12)23-27-22-14)17-9-15(13-4-7-26-11-13)20-18(21-17)19-5-6-25/h2-3,8-9,13,25H,4-7,10-11H2,1H3,(H,19,20,21)/t13-/m1/s1. The number of hydrogen-bond acceptors (Lipinski definition) is 9. The maximum Gasteiger partial charge on any atom is 0.224 e. The molecule has 142 valence electrons. The molecule has 9 nitrogen and oxygen atoms in total. The van der Waals surface area contributed by atoms with Crippen molar-refractivity contribution in [3.8, 4) is 0 Å². The number of aliphatic hydroxyl groups is 1. The van der Waals surface area contributed by atoms with Crippen molar-refractivity contribution < 1.29 is 14.5 Å². The molecule has 0 spiro atoms. The third-order valence-corrected chi connectivity index (χ3v) is 4.60. The molecule has 1 aliphatic heterocycles. The van der Waals surface area contributed by atoms with Crippen LogP contribution in [0.1, 0.15) is 23.6 Å². The van der Waals surface area contributed by atoms with Gasteiger partial charge in [0, 0.05) is 38.7 Å². The first-order valence-corrected chi connectivity index (χ1v) is 8.97. The lowest BCUT2D eigenvalue weighted by Crippen LogP contribution is -2.20. The molecule has 2 aromatic heterocycles. The van der Waals surface area contributed by atoms with Crippen molar-refractivity contribution in [3.05, 3.63) is 35.5 Å². The number of nitrogens with one attached hydrogen (secondary N) is 1. The van der Waals surface area contributed by atoms with Crippen molar-refractivity contribution in [2.75, 3.05) is 43.6 Å². The fourth-order valence-corrected chi connectivity index (χ4v) is 3.15. The average Bonchev–Trinajstić information content (AvgIpc) is 3.37. The summed E-state index contributed by atoms with van der Waals surface area (Å²) < 4.78 is 10.3. The van der Waals surface area contributed by atoms with Gasteiger partial charge >= 0.3 is 0 Å². The van der Waals surface area contributed by atoms with Gasteiger partial charge in [0.15, 0.2) is 0 Å². The molecule has 0 radical (unpaired) electrons. The van der Waals surface area contributed by atoms with Gasteiger partial charge in [0.25, 0.3) is 0 Å². The largest absolute Gasteiger partial charge is 0.395 e. The minimum atomic E-state index is 0.0249. The summed E-state index contributed by atoms with van der Waals surface area (Å²) in [5.74, 6) is 1.60. The summed E-state index contributed by atoms with van der Waals surface area (Å²) in [4.78, 5) is 11.3. The van der Waals surface area contributed by atoms with E-state index in [1.165, 1.54) is 0 Å². The van der Waals surface area contributed by atoms with Crippen LogP contribution in [-0.2, 0) is 11.3 Å². The molecule has 0 bridgehead atoms. The second-order valence-electron chi connectivity index (χ2n) is 6.63. The van der Waals surface area contributed by atoms with Crippen LogP contribution < -0.4 is 10.2 Å². The van der Waals surface area contributed by atoms with Gasteiger partial charge in [-0.1, -0.05) is 6.07 Å². The molecule has 1 fully saturated rings. The minimum Gasteiger partial charge on any atom is -0.395 e. The molecular formula is C18H22N6O3. The summed E-state index contributed by atoms with van der Waals surface area (Å²) in [6.07, 6.45) is 0.954. The average molecular weight is 370 g/mol. The topological polar surface area (TPSA) is 109 Å². The fourth-order valence-electron chi connectivity index (χ4n) is 3.15. The first-order chi connectivity index (χ1) is 13.2. The monoisotopic (exact) mass is 370 g/mol. The molecule has 9 heteroatoms. The number of anilines is 2.